The zero-order valence-corrected chi connectivity index (χ0v) is 9.69. The Kier molecular flexibility index (Phi) is 4.39. The van der Waals surface area contributed by atoms with Crippen LogP contribution in [0.1, 0.15) is 40.0 Å². The van der Waals surface area contributed by atoms with Crippen molar-refractivity contribution >= 4 is 9.84 Å². The summed E-state index contributed by atoms with van der Waals surface area (Å²) >= 11 is 0. The first-order chi connectivity index (χ1) is 5.73. The summed E-state index contributed by atoms with van der Waals surface area (Å²) < 4.78 is 21.6. The van der Waals surface area contributed by atoms with Gasteiger partial charge in [0.05, 0.1) is 10.9 Å². The van der Waals surface area contributed by atoms with E-state index < -0.39 is 20.7 Å². The number of unbranched alkanes of at least 4 members (excludes halogenated alkanes) is 1. The molecule has 4 heteroatoms. The molecule has 0 aliphatic heterocycles. The molecule has 80 valence electrons. The molecular formula is C9H20O3S. The number of aliphatic hydroxyl groups is 1. The molecule has 0 fully saturated rings. The fourth-order valence-electron chi connectivity index (χ4n) is 0.992. The van der Waals surface area contributed by atoms with Crippen LogP contribution < -0.4 is 0 Å². The highest BCUT2D eigenvalue weighted by Gasteiger charge is 2.37. The van der Waals surface area contributed by atoms with Crippen LogP contribution in [0, 0.1) is 0 Å². The summed E-state index contributed by atoms with van der Waals surface area (Å²) in [5.41, 5.74) is 0. The fourth-order valence-corrected chi connectivity index (χ4v) is 1.60. The van der Waals surface area contributed by atoms with Gasteiger partial charge in [0.2, 0.25) is 0 Å². The zero-order valence-electron chi connectivity index (χ0n) is 8.87. The average Bonchev–Trinajstić information content (AvgIpc) is 1.97. The van der Waals surface area contributed by atoms with Crippen LogP contribution in [0.5, 0.6) is 0 Å². The lowest BCUT2D eigenvalue weighted by Gasteiger charge is -2.28. The molecule has 0 aromatic rings. The fraction of sp³-hybridized carbons (Fsp3) is 1.00. The molecule has 3 nitrogen and oxygen atoms in total. The summed E-state index contributed by atoms with van der Waals surface area (Å²) in [7, 11) is -3.18. The van der Waals surface area contributed by atoms with Gasteiger partial charge in [0.15, 0.2) is 9.84 Å². The number of hydrogen-bond acceptors (Lipinski definition) is 3. The summed E-state index contributed by atoms with van der Waals surface area (Å²) in [4.78, 5) is 0. The Balaban J connectivity index is 4.46. The average molecular weight is 208 g/mol. The van der Waals surface area contributed by atoms with E-state index in [0.29, 0.717) is 6.42 Å². The van der Waals surface area contributed by atoms with Crippen molar-refractivity contribution in [3.8, 4) is 0 Å². The van der Waals surface area contributed by atoms with Crippen LogP contribution in [0.4, 0.5) is 0 Å². The first-order valence-electron chi connectivity index (χ1n) is 4.61. The predicted molar refractivity (Wildman–Crippen MR) is 54.5 cm³/mol. The Morgan fingerprint density at radius 2 is 1.85 bits per heavy atom. The quantitative estimate of drug-likeness (QED) is 0.742. The van der Waals surface area contributed by atoms with Crippen molar-refractivity contribution in [2.45, 2.75) is 50.9 Å². The Morgan fingerprint density at radius 1 is 1.38 bits per heavy atom. The molecule has 0 aliphatic rings. The van der Waals surface area contributed by atoms with Crippen LogP contribution in [0.3, 0.4) is 0 Å². The van der Waals surface area contributed by atoms with E-state index in [2.05, 4.69) is 0 Å². The molecule has 0 saturated carbocycles. The Hall–Kier alpha value is -0.0900. The van der Waals surface area contributed by atoms with Gasteiger partial charge in [-0.2, -0.15) is 0 Å². The molecule has 0 heterocycles. The molecule has 1 atom stereocenters. The lowest BCUT2D eigenvalue weighted by Crippen LogP contribution is -2.43. The molecular weight excluding hydrogens is 188 g/mol. The van der Waals surface area contributed by atoms with Gasteiger partial charge in [0.1, 0.15) is 0 Å². The highest BCUT2D eigenvalue weighted by Crippen LogP contribution is 2.23. The van der Waals surface area contributed by atoms with Crippen LogP contribution in [0.25, 0.3) is 0 Å². The Bertz CT molecular complexity index is 242. The monoisotopic (exact) mass is 208 g/mol. The molecule has 13 heavy (non-hydrogen) atoms. The summed E-state index contributed by atoms with van der Waals surface area (Å²) in [5, 5.41) is 9.66. The lowest BCUT2D eigenvalue weighted by molar-refractivity contribution is 0.125. The van der Waals surface area contributed by atoms with E-state index in [1.807, 2.05) is 6.92 Å². The van der Waals surface area contributed by atoms with Crippen LogP contribution in [0.15, 0.2) is 0 Å². The standard InChI is InChI=1S/C9H20O3S/c1-5-6-7-8(10)9(2,3)13(4,11)12/h8,10H,5-7H2,1-4H3. The van der Waals surface area contributed by atoms with Crippen LogP contribution >= 0.6 is 0 Å². The first-order valence-corrected chi connectivity index (χ1v) is 6.50. The van der Waals surface area contributed by atoms with Crippen molar-refractivity contribution in [2.75, 3.05) is 6.26 Å². The van der Waals surface area contributed by atoms with Crippen LogP contribution in [0.2, 0.25) is 0 Å². The van der Waals surface area contributed by atoms with Gasteiger partial charge in [-0.1, -0.05) is 19.8 Å². The third-order valence-electron chi connectivity index (χ3n) is 2.59. The predicted octanol–water partition coefficient (Wildman–Crippen LogP) is 1.36. The minimum Gasteiger partial charge on any atom is -0.392 e. The van der Waals surface area contributed by atoms with Gasteiger partial charge >= 0.3 is 0 Å². The Labute approximate surface area is 81.1 Å². The molecule has 1 N–H and O–H groups in total. The summed E-state index contributed by atoms with van der Waals surface area (Å²) in [6, 6.07) is 0. The number of rotatable bonds is 5. The van der Waals surface area contributed by atoms with Crippen molar-refractivity contribution in [3.05, 3.63) is 0 Å². The molecule has 0 spiro atoms. The summed E-state index contributed by atoms with van der Waals surface area (Å²) in [6.45, 7) is 5.16. The SMILES string of the molecule is CCCCC(O)C(C)(C)S(C)(=O)=O. The number of aliphatic hydroxyl groups excluding tert-OH is 1. The molecule has 0 amide bonds. The number of sulfone groups is 1. The summed E-state index contributed by atoms with van der Waals surface area (Å²) in [6.07, 6.45) is 2.79. The second kappa shape index (κ2) is 4.42. The second-order valence-corrected chi connectivity index (χ2v) is 6.63. The highest BCUT2D eigenvalue weighted by molar-refractivity contribution is 7.92. The van der Waals surface area contributed by atoms with Gasteiger partial charge in [-0.3, -0.25) is 0 Å². The van der Waals surface area contributed by atoms with Crippen molar-refractivity contribution in [3.63, 3.8) is 0 Å². The topological polar surface area (TPSA) is 54.4 Å². The Morgan fingerprint density at radius 3 is 2.15 bits per heavy atom. The molecule has 0 bridgehead atoms. The van der Waals surface area contributed by atoms with Crippen LogP contribution in [-0.2, 0) is 9.84 Å². The minimum absolute atomic E-state index is 0.552. The lowest BCUT2D eigenvalue weighted by atomic mass is 10.0. The smallest absolute Gasteiger partial charge is 0.155 e. The maximum absolute atomic E-state index is 11.3. The zero-order chi connectivity index (χ0) is 10.7. The van der Waals surface area contributed by atoms with Crippen molar-refractivity contribution < 1.29 is 13.5 Å². The van der Waals surface area contributed by atoms with Crippen molar-refractivity contribution in [1.29, 1.82) is 0 Å². The highest BCUT2D eigenvalue weighted by atomic mass is 32.2. The first kappa shape index (κ1) is 12.9. The van der Waals surface area contributed by atoms with Gasteiger partial charge < -0.3 is 5.11 Å². The third kappa shape index (κ3) is 3.27. The van der Waals surface area contributed by atoms with E-state index in [1.54, 1.807) is 13.8 Å². The number of hydrogen-bond donors (Lipinski definition) is 1. The molecule has 0 rings (SSSR count). The van der Waals surface area contributed by atoms with Gasteiger partial charge in [-0.15, -0.1) is 0 Å². The molecule has 1 unspecified atom stereocenters. The molecule has 0 aliphatic carbocycles. The minimum atomic E-state index is -3.18. The van der Waals surface area contributed by atoms with E-state index >= 15 is 0 Å². The van der Waals surface area contributed by atoms with E-state index in [1.165, 1.54) is 6.26 Å². The van der Waals surface area contributed by atoms with E-state index in [0.717, 1.165) is 12.8 Å². The van der Waals surface area contributed by atoms with Gasteiger partial charge in [-0.25, -0.2) is 8.42 Å². The van der Waals surface area contributed by atoms with Crippen molar-refractivity contribution in [1.82, 2.24) is 0 Å². The maximum atomic E-state index is 11.3. The third-order valence-corrected chi connectivity index (χ3v) is 4.77. The normalized spacial score (nSPS) is 15.8. The largest absolute Gasteiger partial charge is 0.392 e. The molecule has 0 aromatic carbocycles. The van der Waals surface area contributed by atoms with Gasteiger partial charge in [0, 0.05) is 6.26 Å². The molecule has 0 saturated heterocycles. The van der Waals surface area contributed by atoms with Crippen LogP contribution in [-0.4, -0.2) is 30.6 Å². The molecule has 0 radical (unpaired) electrons. The van der Waals surface area contributed by atoms with Gasteiger partial charge in [0.25, 0.3) is 0 Å². The van der Waals surface area contributed by atoms with Crippen molar-refractivity contribution in [2.24, 2.45) is 0 Å². The van der Waals surface area contributed by atoms with E-state index in [9.17, 15) is 13.5 Å². The van der Waals surface area contributed by atoms with Gasteiger partial charge in [-0.05, 0) is 20.3 Å². The molecule has 0 aromatic heterocycles. The van der Waals surface area contributed by atoms with E-state index in [4.69, 9.17) is 0 Å². The maximum Gasteiger partial charge on any atom is 0.155 e. The summed E-state index contributed by atoms with van der Waals surface area (Å²) in [5.74, 6) is 0. The van der Waals surface area contributed by atoms with E-state index in [-0.39, 0.29) is 0 Å². The second-order valence-electron chi connectivity index (χ2n) is 4.03.